The Morgan fingerprint density at radius 2 is 0.460 bits per heavy atom. The first-order valence-corrected chi connectivity index (χ1v) is 44.9. The number of carbonyl (C=O) groups is 4. The fraction of sp³-hybridized carbons (Fsp3) is 0.926. The maximum Gasteiger partial charge on any atom is 0.472 e. The zero-order valence-electron chi connectivity index (χ0n) is 64.9. The molecule has 100 heavy (non-hydrogen) atoms. The van der Waals surface area contributed by atoms with E-state index in [9.17, 15) is 43.2 Å². The van der Waals surface area contributed by atoms with E-state index >= 15 is 0 Å². The Labute approximate surface area is 612 Å². The van der Waals surface area contributed by atoms with Gasteiger partial charge in [0.15, 0.2) is 12.2 Å². The molecule has 0 saturated heterocycles. The molecule has 0 spiro atoms. The van der Waals surface area contributed by atoms with Gasteiger partial charge in [-0.25, -0.2) is 9.13 Å². The van der Waals surface area contributed by atoms with Gasteiger partial charge in [-0.2, -0.15) is 0 Å². The lowest BCUT2D eigenvalue weighted by Gasteiger charge is -2.21. The van der Waals surface area contributed by atoms with Crippen LogP contribution in [0.3, 0.4) is 0 Å². The van der Waals surface area contributed by atoms with Crippen LogP contribution in [0.25, 0.3) is 0 Å². The molecule has 0 aromatic heterocycles. The van der Waals surface area contributed by atoms with Gasteiger partial charge in [-0.3, -0.25) is 37.3 Å². The van der Waals surface area contributed by atoms with Crippen molar-refractivity contribution >= 4 is 39.5 Å². The summed E-state index contributed by atoms with van der Waals surface area (Å²) >= 11 is 0. The predicted octanol–water partition coefficient (Wildman–Crippen LogP) is 24.3. The van der Waals surface area contributed by atoms with Gasteiger partial charge < -0.3 is 33.8 Å². The fourth-order valence-corrected chi connectivity index (χ4v) is 13.9. The van der Waals surface area contributed by atoms with Crippen LogP contribution in [0.2, 0.25) is 0 Å². The number of aliphatic hydroxyl groups excluding tert-OH is 1. The molecule has 17 nitrogen and oxygen atoms in total. The first-order chi connectivity index (χ1) is 48.7. The van der Waals surface area contributed by atoms with Gasteiger partial charge in [-0.05, 0) is 51.4 Å². The van der Waals surface area contributed by atoms with E-state index in [2.05, 4.69) is 39.8 Å². The largest absolute Gasteiger partial charge is 0.472 e. The molecule has 3 N–H and O–H groups in total. The lowest BCUT2D eigenvalue weighted by Crippen LogP contribution is -2.30. The molecule has 0 fully saturated rings. The summed E-state index contributed by atoms with van der Waals surface area (Å²) in [5.74, 6) is -2.12. The second kappa shape index (κ2) is 75.0. The molecule has 0 aliphatic rings. The number of phosphoric acid groups is 2. The Bertz CT molecular complexity index is 1940. The Morgan fingerprint density at radius 1 is 0.270 bits per heavy atom. The monoisotopic (exact) mass is 1460 g/mol. The molecule has 2 unspecified atom stereocenters. The van der Waals surface area contributed by atoms with Crippen LogP contribution in [-0.4, -0.2) is 96.7 Å². The summed E-state index contributed by atoms with van der Waals surface area (Å²) in [7, 11) is -9.92. The van der Waals surface area contributed by atoms with Gasteiger partial charge in [-0.15, -0.1) is 0 Å². The summed E-state index contributed by atoms with van der Waals surface area (Å²) < 4.78 is 68.7. The van der Waals surface area contributed by atoms with Gasteiger partial charge in [0.1, 0.15) is 19.3 Å². The van der Waals surface area contributed by atoms with Crippen LogP contribution in [0.5, 0.6) is 0 Å². The minimum atomic E-state index is -4.96. The Hall–Kier alpha value is -2.20. The molecule has 19 heteroatoms. The summed E-state index contributed by atoms with van der Waals surface area (Å²) in [4.78, 5) is 73.1. The number of rotatable bonds is 81. The first-order valence-electron chi connectivity index (χ1n) is 41.9. The predicted molar refractivity (Wildman–Crippen MR) is 409 cm³/mol. The SMILES string of the molecule is CCCCCCCC/C=C\CCCCCCCC(=O)OC[C@H](COP(=O)(O)OC[C@@H](O)COP(=O)(O)OC[C@@H](COC(=O)CCCCCCCCCCCCCCCCCCC)OC(=O)CCCCCCCCCCCCCCC)OC(=O)CCCCCCCCCCCCCCCCC. The van der Waals surface area contributed by atoms with E-state index in [1.54, 1.807) is 0 Å². The summed E-state index contributed by atoms with van der Waals surface area (Å²) in [6, 6.07) is 0. The van der Waals surface area contributed by atoms with Crippen molar-refractivity contribution in [1.29, 1.82) is 0 Å². The van der Waals surface area contributed by atoms with E-state index in [1.807, 2.05) is 0 Å². The maximum atomic E-state index is 13.1. The van der Waals surface area contributed by atoms with Crippen LogP contribution in [0.15, 0.2) is 12.2 Å². The second-order valence-electron chi connectivity index (χ2n) is 28.8. The zero-order valence-corrected chi connectivity index (χ0v) is 66.7. The van der Waals surface area contributed by atoms with Crippen molar-refractivity contribution in [3.63, 3.8) is 0 Å². The van der Waals surface area contributed by atoms with Crippen LogP contribution in [-0.2, 0) is 65.4 Å². The fourth-order valence-electron chi connectivity index (χ4n) is 12.3. The standard InChI is InChI=1S/C81H156O17P2/c1-5-9-13-17-21-25-29-33-36-37-40-43-46-50-54-58-62-66-79(84)92-71-76(97-80(85)67-63-59-55-51-47-41-32-28-24-20-16-12-8-4)73-95-99(87,88)93-69-75(82)70-94-100(89,90)96-74-77(98-81(86)68-64-60-56-52-48-44-39-35-31-27-23-19-15-11-7-3)72-91-78(83)65-61-57-53-49-45-42-38-34-30-26-22-18-14-10-6-2/h34,38,75-77,82H,5-33,35-37,39-74H2,1-4H3,(H,87,88)(H,89,90)/b38-34-/t75-,76+,77+/m0/s1. The lowest BCUT2D eigenvalue weighted by atomic mass is 10.0. The minimum absolute atomic E-state index is 0.105. The molecular weight excluding hydrogens is 1310 g/mol. The molecule has 0 aliphatic heterocycles. The number of ether oxygens (including phenoxy) is 4. The van der Waals surface area contributed by atoms with Crippen LogP contribution >= 0.6 is 15.6 Å². The van der Waals surface area contributed by atoms with E-state index in [1.165, 1.54) is 238 Å². The van der Waals surface area contributed by atoms with Crippen molar-refractivity contribution in [1.82, 2.24) is 0 Å². The van der Waals surface area contributed by atoms with Gasteiger partial charge in [0.2, 0.25) is 0 Å². The summed E-state index contributed by atoms with van der Waals surface area (Å²) in [6.45, 7) is 5.01. The highest BCUT2D eigenvalue weighted by Gasteiger charge is 2.30. The van der Waals surface area contributed by atoms with Crippen LogP contribution in [0, 0.1) is 0 Å². The van der Waals surface area contributed by atoms with Gasteiger partial charge >= 0.3 is 39.5 Å². The third-order valence-corrected chi connectivity index (χ3v) is 20.7. The van der Waals surface area contributed by atoms with Crippen molar-refractivity contribution in [3.05, 3.63) is 12.2 Å². The summed E-state index contributed by atoms with van der Waals surface area (Å²) in [6.07, 6.45) is 68.9. The first kappa shape index (κ1) is 97.8. The average molecular weight is 1460 g/mol. The molecular formula is C81H156O17P2. The summed E-state index contributed by atoms with van der Waals surface area (Å²) in [5.41, 5.74) is 0. The number of hydrogen-bond donors (Lipinski definition) is 3. The molecule has 5 atom stereocenters. The second-order valence-corrected chi connectivity index (χ2v) is 31.7. The quantitative estimate of drug-likeness (QED) is 0.0169. The highest BCUT2D eigenvalue weighted by molar-refractivity contribution is 7.47. The molecule has 0 rings (SSSR count). The van der Waals surface area contributed by atoms with E-state index in [0.717, 1.165) is 109 Å². The molecule has 0 bridgehead atoms. The molecule has 0 aromatic rings. The molecule has 0 radical (unpaired) electrons. The highest BCUT2D eigenvalue weighted by atomic mass is 31.2. The minimum Gasteiger partial charge on any atom is -0.462 e. The Balaban J connectivity index is 5.27. The van der Waals surface area contributed by atoms with E-state index < -0.39 is 97.5 Å². The van der Waals surface area contributed by atoms with E-state index in [4.69, 9.17) is 37.0 Å². The van der Waals surface area contributed by atoms with E-state index in [0.29, 0.717) is 25.7 Å². The van der Waals surface area contributed by atoms with Gasteiger partial charge in [0.25, 0.3) is 0 Å². The number of aliphatic hydroxyl groups is 1. The third kappa shape index (κ3) is 74.1. The van der Waals surface area contributed by atoms with Crippen molar-refractivity contribution in [3.8, 4) is 0 Å². The van der Waals surface area contributed by atoms with Crippen molar-refractivity contribution in [2.75, 3.05) is 39.6 Å². The van der Waals surface area contributed by atoms with Crippen molar-refractivity contribution in [2.45, 2.75) is 444 Å². The van der Waals surface area contributed by atoms with Gasteiger partial charge in [0.05, 0.1) is 26.4 Å². The number of allylic oxidation sites excluding steroid dienone is 2. The van der Waals surface area contributed by atoms with Gasteiger partial charge in [0, 0.05) is 25.7 Å². The van der Waals surface area contributed by atoms with Crippen LogP contribution in [0.1, 0.15) is 426 Å². The lowest BCUT2D eigenvalue weighted by molar-refractivity contribution is -0.161. The van der Waals surface area contributed by atoms with Crippen LogP contribution < -0.4 is 0 Å². The summed E-state index contributed by atoms with van der Waals surface area (Å²) in [5, 5.41) is 10.6. The maximum absolute atomic E-state index is 13.1. The molecule has 0 amide bonds. The number of unbranched alkanes of at least 4 members (excludes halogenated alkanes) is 53. The molecule has 592 valence electrons. The Morgan fingerprint density at radius 3 is 0.690 bits per heavy atom. The van der Waals surface area contributed by atoms with Crippen molar-refractivity contribution in [2.24, 2.45) is 0 Å². The average Bonchev–Trinajstić information content (AvgIpc) is 0.988. The molecule has 0 heterocycles. The van der Waals surface area contributed by atoms with E-state index in [-0.39, 0.29) is 25.7 Å². The molecule has 0 aromatic carbocycles. The smallest absolute Gasteiger partial charge is 0.462 e. The van der Waals surface area contributed by atoms with Gasteiger partial charge in [-0.1, -0.05) is 361 Å². The highest BCUT2D eigenvalue weighted by Crippen LogP contribution is 2.45. The van der Waals surface area contributed by atoms with Crippen molar-refractivity contribution < 1.29 is 80.2 Å². The topological polar surface area (TPSA) is 237 Å². The third-order valence-electron chi connectivity index (χ3n) is 18.8. The number of hydrogen-bond acceptors (Lipinski definition) is 15. The Kier molecular flexibility index (Phi) is 73.4. The molecule has 0 saturated carbocycles. The number of esters is 4. The number of carbonyl (C=O) groups excluding carboxylic acids is 4. The zero-order chi connectivity index (χ0) is 73.2. The normalized spacial score (nSPS) is 13.9. The van der Waals surface area contributed by atoms with Crippen LogP contribution in [0.4, 0.5) is 0 Å². The molecule has 0 aliphatic carbocycles. The number of phosphoric ester groups is 2.